The third-order valence-electron chi connectivity index (χ3n) is 1.97. The second-order valence-corrected chi connectivity index (χ2v) is 2.89. The van der Waals surface area contributed by atoms with Gasteiger partial charge >= 0.3 is 5.97 Å². The molecule has 12 heavy (non-hydrogen) atoms. The zero-order chi connectivity index (χ0) is 8.97. The van der Waals surface area contributed by atoms with Gasteiger partial charge in [-0.3, -0.25) is 10.1 Å². The lowest BCUT2D eigenvalue weighted by Crippen LogP contribution is -2.52. The second kappa shape index (κ2) is 4.42. The smallest absolute Gasteiger partial charge is 0.322 e. The maximum atomic E-state index is 11.1. The number of rotatable bonds is 4. The van der Waals surface area contributed by atoms with E-state index < -0.39 is 0 Å². The van der Waals surface area contributed by atoms with Gasteiger partial charge in [-0.25, -0.2) is 0 Å². The van der Waals surface area contributed by atoms with Gasteiger partial charge in [0.25, 0.3) is 0 Å². The second-order valence-electron chi connectivity index (χ2n) is 2.89. The quantitative estimate of drug-likeness (QED) is 0.604. The fourth-order valence-corrected chi connectivity index (χ4v) is 1.11. The number of methoxy groups -OCH3 is 1. The van der Waals surface area contributed by atoms with Gasteiger partial charge in [0.2, 0.25) is 0 Å². The highest BCUT2D eigenvalue weighted by atomic mass is 16.5. The molecule has 0 aromatic carbocycles. The van der Waals surface area contributed by atoms with E-state index >= 15 is 0 Å². The fourth-order valence-electron chi connectivity index (χ4n) is 1.11. The Kier molecular flexibility index (Phi) is 3.49. The van der Waals surface area contributed by atoms with E-state index in [0.717, 1.165) is 6.42 Å². The van der Waals surface area contributed by atoms with Crippen LogP contribution in [0.3, 0.4) is 0 Å². The Labute approximate surface area is 72.2 Å². The molecule has 0 aromatic heterocycles. The molecule has 4 nitrogen and oxygen atoms in total. The number of hydrogen-bond donors (Lipinski definition) is 1. The summed E-state index contributed by atoms with van der Waals surface area (Å²) < 4.78 is 9.61. The molecule has 0 saturated carbocycles. The SMILES string of the molecule is CC[C@@H](NC1COC1)C(=O)OC. The first-order valence-corrected chi connectivity index (χ1v) is 4.19. The summed E-state index contributed by atoms with van der Waals surface area (Å²) in [7, 11) is 1.41. The van der Waals surface area contributed by atoms with Gasteiger partial charge in [0.1, 0.15) is 6.04 Å². The van der Waals surface area contributed by atoms with Gasteiger partial charge in [-0.15, -0.1) is 0 Å². The standard InChI is InChI=1S/C8H15NO3/c1-3-7(8(10)11-2)9-6-4-12-5-6/h6-7,9H,3-5H2,1-2H3/t7-/m1/s1. The average Bonchev–Trinajstić information content (AvgIpc) is 2.02. The van der Waals surface area contributed by atoms with Crippen molar-refractivity contribution in [2.24, 2.45) is 0 Å². The predicted octanol–water partition coefficient (Wildman–Crippen LogP) is -0.0736. The van der Waals surface area contributed by atoms with Crippen LogP contribution in [0, 0.1) is 0 Å². The molecule has 1 saturated heterocycles. The summed E-state index contributed by atoms with van der Waals surface area (Å²) in [5.41, 5.74) is 0. The summed E-state index contributed by atoms with van der Waals surface area (Å²) in [6, 6.07) is 0.151. The average molecular weight is 173 g/mol. The predicted molar refractivity (Wildman–Crippen MR) is 43.8 cm³/mol. The third-order valence-corrected chi connectivity index (χ3v) is 1.97. The molecule has 1 heterocycles. The van der Waals surface area contributed by atoms with Gasteiger partial charge < -0.3 is 9.47 Å². The van der Waals surface area contributed by atoms with Gasteiger partial charge in [-0.1, -0.05) is 6.92 Å². The number of esters is 1. The number of nitrogens with one attached hydrogen (secondary N) is 1. The highest BCUT2D eigenvalue weighted by Gasteiger charge is 2.25. The van der Waals surface area contributed by atoms with Gasteiger partial charge in [0.05, 0.1) is 26.4 Å². The lowest BCUT2D eigenvalue weighted by molar-refractivity contribution is -0.144. The normalized spacial score (nSPS) is 19.8. The Morgan fingerprint density at radius 3 is 2.75 bits per heavy atom. The Hall–Kier alpha value is -0.610. The zero-order valence-electron chi connectivity index (χ0n) is 7.50. The van der Waals surface area contributed by atoms with Crippen molar-refractivity contribution in [3.05, 3.63) is 0 Å². The van der Waals surface area contributed by atoms with Crippen LogP contribution in [0.1, 0.15) is 13.3 Å². The Morgan fingerprint density at radius 1 is 1.75 bits per heavy atom. The first-order valence-electron chi connectivity index (χ1n) is 4.19. The van der Waals surface area contributed by atoms with Crippen molar-refractivity contribution in [1.82, 2.24) is 5.32 Å². The van der Waals surface area contributed by atoms with Gasteiger partial charge in [0.15, 0.2) is 0 Å². The maximum absolute atomic E-state index is 11.1. The zero-order valence-corrected chi connectivity index (χ0v) is 7.50. The molecule has 0 amide bonds. The van der Waals surface area contributed by atoms with Crippen molar-refractivity contribution >= 4 is 5.97 Å². The highest BCUT2D eigenvalue weighted by molar-refractivity contribution is 5.75. The van der Waals surface area contributed by atoms with Crippen LogP contribution < -0.4 is 5.32 Å². The molecule has 0 spiro atoms. The summed E-state index contributed by atoms with van der Waals surface area (Å²) in [6.07, 6.45) is 0.753. The van der Waals surface area contributed by atoms with E-state index in [1.165, 1.54) is 7.11 Å². The Morgan fingerprint density at radius 2 is 2.42 bits per heavy atom. The fraction of sp³-hybridized carbons (Fsp3) is 0.875. The minimum absolute atomic E-state index is 0.177. The molecule has 70 valence electrons. The van der Waals surface area contributed by atoms with Crippen LogP contribution in [0.25, 0.3) is 0 Å². The molecule has 1 fully saturated rings. The van der Waals surface area contributed by atoms with E-state index in [2.05, 4.69) is 10.1 Å². The van der Waals surface area contributed by atoms with Crippen LogP contribution in [0.2, 0.25) is 0 Å². The third kappa shape index (κ3) is 2.19. The van der Waals surface area contributed by atoms with Crippen LogP contribution in [0.5, 0.6) is 0 Å². The van der Waals surface area contributed by atoms with Crippen LogP contribution in [0.4, 0.5) is 0 Å². The summed E-state index contributed by atoms with van der Waals surface area (Å²) in [5.74, 6) is -0.190. The van der Waals surface area contributed by atoms with Crippen molar-refractivity contribution < 1.29 is 14.3 Å². The molecule has 0 radical (unpaired) electrons. The monoisotopic (exact) mass is 173 g/mol. The maximum Gasteiger partial charge on any atom is 0.322 e. The molecule has 1 rings (SSSR count). The first kappa shape index (κ1) is 9.48. The van der Waals surface area contributed by atoms with Crippen LogP contribution in [-0.2, 0) is 14.3 Å². The van der Waals surface area contributed by atoms with E-state index in [9.17, 15) is 4.79 Å². The first-order chi connectivity index (χ1) is 5.77. The molecule has 1 N–H and O–H groups in total. The minimum Gasteiger partial charge on any atom is -0.468 e. The van der Waals surface area contributed by atoms with Crippen LogP contribution >= 0.6 is 0 Å². The molecule has 1 atom stereocenters. The highest BCUT2D eigenvalue weighted by Crippen LogP contribution is 2.03. The number of carbonyl (C=O) groups is 1. The Balaban J connectivity index is 2.28. The van der Waals surface area contributed by atoms with Crippen molar-refractivity contribution in [2.45, 2.75) is 25.4 Å². The van der Waals surface area contributed by atoms with E-state index in [-0.39, 0.29) is 12.0 Å². The summed E-state index contributed by atoms with van der Waals surface area (Å²) in [5, 5.41) is 3.15. The number of carbonyl (C=O) groups excluding carboxylic acids is 1. The van der Waals surface area contributed by atoms with Crippen LogP contribution in [-0.4, -0.2) is 38.4 Å². The largest absolute Gasteiger partial charge is 0.468 e. The number of hydrogen-bond acceptors (Lipinski definition) is 4. The summed E-state index contributed by atoms with van der Waals surface area (Å²) in [4.78, 5) is 11.1. The molecular weight excluding hydrogens is 158 g/mol. The molecule has 0 aliphatic carbocycles. The molecule has 0 unspecified atom stereocenters. The topological polar surface area (TPSA) is 47.6 Å². The lowest BCUT2D eigenvalue weighted by atomic mass is 10.1. The van der Waals surface area contributed by atoms with Crippen molar-refractivity contribution in [1.29, 1.82) is 0 Å². The molecule has 0 aromatic rings. The van der Waals surface area contributed by atoms with E-state index in [1.807, 2.05) is 6.92 Å². The molecule has 0 bridgehead atoms. The number of ether oxygens (including phenoxy) is 2. The summed E-state index contributed by atoms with van der Waals surface area (Å²) >= 11 is 0. The van der Waals surface area contributed by atoms with Crippen molar-refractivity contribution in [3.63, 3.8) is 0 Å². The van der Waals surface area contributed by atoms with Gasteiger partial charge in [-0.05, 0) is 6.42 Å². The van der Waals surface area contributed by atoms with Crippen molar-refractivity contribution in [2.75, 3.05) is 20.3 Å². The van der Waals surface area contributed by atoms with E-state index in [4.69, 9.17) is 4.74 Å². The molecule has 1 aliphatic rings. The molecular formula is C8H15NO3. The van der Waals surface area contributed by atoms with Gasteiger partial charge in [0, 0.05) is 0 Å². The van der Waals surface area contributed by atoms with Crippen molar-refractivity contribution in [3.8, 4) is 0 Å². The molecule has 1 aliphatic heterocycles. The lowest BCUT2D eigenvalue weighted by Gasteiger charge is -2.30. The molecule has 4 heteroatoms. The summed E-state index contributed by atoms with van der Waals surface area (Å²) in [6.45, 7) is 3.36. The van der Waals surface area contributed by atoms with Crippen LogP contribution in [0.15, 0.2) is 0 Å². The van der Waals surface area contributed by atoms with Gasteiger partial charge in [-0.2, -0.15) is 0 Å². The minimum atomic E-state index is -0.190. The van der Waals surface area contributed by atoms with E-state index in [1.54, 1.807) is 0 Å². The Bertz CT molecular complexity index is 156. The van der Waals surface area contributed by atoms with E-state index in [0.29, 0.717) is 19.3 Å².